The molecule has 3 atom stereocenters. The first-order valence-electron chi connectivity index (χ1n) is 8.24. The van der Waals surface area contributed by atoms with Gasteiger partial charge >= 0.3 is 0 Å². The van der Waals surface area contributed by atoms with Crippen molar-refractivity contribution >= 4 is 0 Å². The van der Waals surface area contributed by atoms with E-state index >= 15 is 0 Å². The summed E-state index contributed by atoms with van der Waals surface area (Å²) >= 11 is 0. The van der Waals surface area contributed by atoms with Crippen molar-refractivity contribution in [2.24, 2.45) is 17.8 Å². The normalized spacial score (nSPS) is 36.0. The van der Waals surface area contributed by atoms with Gasteiger partial charge in [-0.15, -0.1) is 0 Å². The fourth-order valence-electron chi connectivity index (χ4n) is 4.70. The first kappa shape index (κ1) is 12.9. The maximum atomic E-state index is 3.72. The number of nitrogens with zero attached hydrogens (tertiary/aromatic N) is 1. The van der Waals surface area contributed by atoms with Crippen molar-refractivity contribution in [3.05, 3.63) is 0 Å². The molecule has 1 N–H and O–H groups in total. The molecule has 3 unspecified atom stereocenters. The van der Waals surface area contributed by atoms with E-state index in [2.05, 4.69) is 17.3 Å². The van der Waals surface area contributed by atoms with Crippen LogP contribution in [0.3, 0.4) is 0 Å². The third-order valence-corrected chi connectivity index (χ3v) is 5.88. The highest BCUT2D eigenvalue weighted by Crippen LogP contribution is 2.47. The zero-order chi connectivity index (χ0) is 12.4. The molecule has 0 aromatic heterocycles. The van der Waals surface area contributed by atoms with Crippen molar-refractivity contribution < 1.29 is 0 Å². The Kier molecular flexibility index (Phi) is 4.25. The van der Waals surface area contributed by atoms with Crippen LogP contribution in [0.4, 0.5) is 0 Å². The van der Waals surface area contributed by atoms with Gasteiger partial charge in [-0.1, -0.05) is 19.3 Å². The second-order valence-corrected chi connectivity index (χ2v) is 7.06. The Morgan fingerprint density at radius 2 is 1.89 bits per heavy atom. The molecular formula is C16H30N2. The smallest absolute Gasteiger partial charge is 0.0107 e. The van der Waals surface area contributed by atoms with Crippen molar-refractivity contribution in [3.63, 3.8) is 0 Å². The van der Waals surface area contributed by atoms with Crippen LogP contribution in [0, 0.1) is 17.8 Å². The summed E-state index contributed by atoms with van der Waals surface area (Å²) in [6.45, 7) is 3.73. The molecule has 2 heteroatoms. The molecule has 3 rings (SSSR count). The van der Waals surface area contributed by atoms with E-state index < -0.39 is 0 Å². The quantitative estimate of drug-likeness (QED) is 0.729. The third kappa shape index (κ3) is 2.91. The number of hydrogen-bond donors (Lipinski definition) is 1. The topological polar surface area (TPSA) is 15.3 Å². The molecule has 3 aliphatic rings. The van der Waals surface area contributed by atoms with Crippen LogP contribution in [0.5, 0.6) is 0 Å². The van der Waals surface area contributed by atoms with Crippen LogP contribution in [-0.2, 0) is 0 Å². The summed E-state index contributed by atoms with van der Waals surface area (Å²) < 4.78 is 0. The largest absolute Gasteiger partial charge is 0.315 e. The van der Waals surface area contributed by atoms with Crippen LogP contribution < -0.4 is 5.32 Å². The van der Waals surface area contributed by atoms with Crippen molar-refractivity contribution in [1.82, 2.24) is 10.2 Å². The van der Waals surface area contributed by atoms with E-state index in [1.165, 1.54) is 64.6 Å². The van der Waals surface area contributed by atoms with Gasteiger partial charge in [0, 0.05) is 19.1 Å². The standard InChI is InChI=1S/C16H30N2/c1-18(16-4-2-3-5-16)9-8-17-12-15-11-13-6-7-14(15)10-13/h13-17H,2-12H2,1H3. The SMILES string of the molecule is CN(CCNCC1CC2CCC1C2)C1CCCC1. The maximum Gasteiger partial charge on any atom is 0.0107 e. The molecule has 0 aliphatic heterocycles. The summed E-state index contributed by atoms with van der Waals surface area (Å²) in [6, 6.07) is 0.884. The van der Waals surface area contributed by atoms with Gasteiger partial charge in [-0.25, -0.2) is 0 Å². The fraction of sp³-hybridized carbons (Fsp3) is 1.00. The number of likely N-dealkylation sites (N-methyl/N-ethyl adjacent to an activating group) is 1. The first-order valence-corrected chi connectivity index (χ1v) is 8.24. The van der Waals surface area contributed by atoms with Crippen LogP contribution in [0.1, 0.15) is 51.4 Å². The van der Waals surface area contributed by atoms with E-state index in [9.17, 15) is 0 Å². The molecule has 3 aliphatic carbocycles. The highest BCUT2D eigenvalue weighted by atomic mass is 15.1. The van der Waals surface area contributed by atoms with Crippen LogP contribution in [-0.4, -0.2) is 37.6 Å². The maximum absolute atomic E-state index is 3.72. The van der Waals surface area contributed by atoms with Gasteiger partial charge in [0.25, 0.3) is 0 Å². The van der Waals surface area contributed by atoms with E-state index in [4.69, 9.17) is 0 Å². The van der Waals surface area contributed by atoms with Crippen molar-refractivity contribution in [3.8, 4) is 0 Å². The van der Waals surface area contributed by atoms with Crippen LogP contribution in [0.25, 0.3) is 0 Å². The first-order chi connectivity index (χ1) is 8.83. The molecule has 3 fully saturated rings. The molecule has 0 saturated heterocycles. The molecule has 0 aromatic carbocycles. The monoisotopic (exact) mass is 250 g/mol. The van der Waals surface area contributed by atoms with E-state index in [0.29, 0.717) is 0 Å². The molecule has 0 heterocycles. The average Bonchev–Trinajstić information content (AvgIpc) is 3.09. The zero-order valence-electron chi connectivity index (χ0n) is 12.0. The molecule has 0 aromatic rings. The number of rotatable bonds is 6. The van der Waals surface area contributed by atoms with Gasteiger partial charge in [-0.05, 0) is 63.5 Å². The lowest BCUT2D eigenvalue weighted by atomic mass is 9.89. The number of fused-ring (bicyclic) bond motifs is 2. The average molecular weight is 250 g/mol. The lowest BCUT2D eigenvalue weighted by Gasteiger charge is -2.25. The van der Waals surface area contributed by atoms with Crippen molar-refractivity contribution in [2.45, 2.75) is 57.4 Å². The Balaban J connectivity index is 1.28. The second-order valence-electron chi connectivity index (χ2n) is 7.06. The summed E-state index contributed by atoms with van der Waals surface area (Å²) in [5, 5.41) is 3.72. The third-order valence-electron chi connectivity index (χ3n) is 5.88. The molecule has 18 heavy (non-hydrogen) atoms. The van der Waals surface area contributed by atoms with Gasteiger partial charge in [-0.2, -0.15) is 0 Å². The summed E-state index contributed by atoms with van der Waals surface area (Å²) in [6.07, 6.45) is 11.9. The van der Waals surface area contributed by atoms with Gasteiger partial charge in [0.05, 0.1) is 0 Å². The summed E-state index contributed by atoms with van der Waals surface area (Å²) in [7, 11) is 2.31. The highest BCUT2D eigenvalue weighted by Gasteiger charge is 2.38. The lowest BCUT2D eigenvalue weighted by molar-refractivity contribution is 0.239. The predicted octanol–water partition coefficient (Wildman–Crippen LogP) is 2.89. The second kappa shape index (κ2) is 5.92. The molecule has 0 amide bonds. The van der Waals surface area contributed by atoms with Crippen LogP contribution in [0.15, 0.2) is 0 Å². The van der Waals surface area contributed by atoms with Crippen molar-refractivity contribution in [1.29, 1.82) is 0 Å². The van der Waals surface area contributed by atoms with E-state index in [0.717, 1.165) is 23.8 Å². The number of hydrogen-bond acceptors (Lipinski definition) is 2. The molecular weight excluding hydrogens is 220 g/mol. The predicted molar refractivity (Wildman–Crippen MR) is 76.7 cm³/mol. The minimum absolute atomic E-state index is 0.884. The van der Waals surface area contributed by atoms with E-state index in [1.807, 2.05) is 0 Å². The molecule has 0 spiro atoms. The molecule has 104 valence electrons. The highest BCUT2D eigenvalue weighted by molar-refractivity contribution is 4.90. The van der Waals surface area contributed by atoms with Gasteiger partial charge in [0.15, 0.2) is 0 Å². The van der Waals surface area contributed by atoms with Crippen molar-refractivity contribution in [2.75, 3.05) is 26.7 Å². The molecule has 0 radical (unpaired) electrons. The van der Waals surface area contributed by atoms with Crippen LogP contribution >= 0.6 is 0 Å². The Labute approximate surface area is 113 Å². The van der Waals surface area contributed by atoms with Gasteiger partial charge in [-0.3, -0.25) is 0 Å². The lowest BCUT2D eigenvalue weighted by Crippen LogP contribution is -2.37. The minimum atomic E-state index is 0.884. The summed E-state index contributed by atoms with van der Waals surface area (Å²) in [5.74, 6) is 3.19. The molecule has 3 saturated carbocycles. The summed E-state index contributed by atoms with van der Waals surface area (Å²) in [5.41, 5.74) is 0. The van der Waals surface area contributed by atoms with Crippen LogP contribution in [0.2, 0.25) is 0 Å². The van der Waals surface area contributed by atoms with Gasteiger partial charge in [0.2, 0.25) is 0 Å². The molecule has 2 nitrogen and oxygen atoms in total. The Morgan fingerprint density at radius 3 is 2.56 bits per heavy atom. The Morgan fingerprint density at radius 1 is 1.06 bits per heavy atom. The summed E-state index contributed by atoms with van der Waals surface area (Å²) in [4.78, 5) is 2.58. The fourth-order valence-corrected chi connectivity index (χ4v) is 4.70. The Bertz CT molecular complexity index is 260. The Hall–Kier alpha value is -0.0800. The molecule has 2 bridgehead atoms. The van der Waals surface area contributed by atoms with Gasteiger partial charge < -0.3 is 10.2 Å². The van der Waals surface area contributed by atoms with E-state index in [-0.39, 0.29) is 0 Å². The minimum Gasteiger partial charge on any atom is -0.315 e. The van der Waals surface area contributed by atoms with E-state index in [1.54, 1.807) is 6.42 Å². The van der Waals surface area contributed by atoms with Gasteiger partial charge in [0.1, 0.15) is 0 Å². The number of nitrogens with one attached hydrogen (secondary N) is 1. The zero-order valence-corrected chi connectivity index (χ0v) is 12.0.